The Bertz CT molecular complexity index is 1020. The highest BCUT2D eigenvalue weighted by atomic mass is 35.5. The first-order valence-electron chi connectivity index (χ1n) is 10.5. The fourth-order valence-electron chi connectivity index (χ4n) is 3.56. The number of amides is 2. The van der Waals surface area contributed by atoms with Crippen LogP contribution in [0.25, 0.3) is 11.4 Å². The summed E-state index contributed by atoms with van der Waals surface area (Å²) in [7, 11) is 0. The number of carbonyl (C=O) groups excluding carboxylic acids is 1. The lowest BCUT2D eigenvalue weighted by Gasteiger charge is -2.34. The second-order valence-corrected chi connectivity index (χ2v) is 8.11. The van der Waals surface area contributed by atoms with Gasteiger partial charge in [-0.05, 0) is 37.6 Å². The van der Waals surface area contributed by atoms with Crippen LogP contribution in [0.1, 0.15) is 17.9 Å². The summed E-state index contributed by atoms with van der Waals surface area (Å²) >= 11 is 6.14. The Balaban J connectivity index is 1.19. The summed E-state index contributed by atoms with van der Waals surface area (Å²) in [6.07, 6.45) is 1.68. The van der Waals surface area contributed by atoms with Gasteiger partial charge in [0.2, 0.25) is 11.7 Å². The van der Waals surface area contributed by atoms with Gasteiger partial charge in [-0.2, -0.15) is 4.98 Å². The van der Waals surface area contributed by atoms with Gasteiger partial charge in [0.15, 0.2) is 0 Å². The standard InChI is InChI=1S/C23H26ClN5O2/c1-17-9-10-19(16-20(17)24)25-23(30)29-14-12-28(13-15-29)11-5-8-21-26-22(27-31-21)18-6-3-2-4-7-18/h2-4,6-7,9-10,16H,5,8,11-15H2,1H3,(H,25,30). The molecule has 1 aliphatic rings. The van der Waals surface area contributed by atoms with E-state index in [1.165, 1.54) is 0 Å². The predicted molar refractivity (Wildman–Crippen MR) is 121 cm³/mol. The monoisotopic (exact) mass is 439 g/mol. The van der Waals surface area contributed by atoms with Crippen molar-refractivity contribution < 1.29 is 9.32 Å². The van der Waals surface area contributed by atoms with E-state index in [2.05, 4.69) is 20.4 Å². The molecule has 162 valence electrons. The molecule has 1 aromatic heterocycles. The Morgan fingerprint density at radius 3 is 2.65 bits per heavy atom. The Morgan fingerprint density at radius 2 is 1.90 bits per heavy atom. The number of hydrogen-bond acceptors (Lipinski definition) is 5. The molecule has 0 radical (unpaired) electrons. The van der Waals surface area contributed by atoms with E-state index in [0.29, 0.717) is 29.8 Å². The maximum absolute atomic E-state index is 12.5. The minimum Gasteiger partial charge on any atom is -0.339 e. The van der Waals surface area contributed by atoms with E-state index in [0.717, 1.165) is 49.3 Å². The maximum atomic E-state index is 12.5. The molecule has 0 aliphatic carbocycles. The number of carbonyl (C=O) groups is 1. The molecule has 2 amide bonds. The average molecular weight is 440 g/mol. The van der Waals surface area contributed by atoms with Crippen molar-refractivity contribution in [3.63, 3.8) is 0 Å². The third-order valence-corrected chi connectivity index (χ3v) is 5.85. The molecule has 0 unspecified atom stereocenters. The number of nitrogens with one attached hydrogen (secondary N) is 1. The van der Waals surface area contributed by atoms with Crippen molar-refractivity contribution in [1.82, 2.24) is 19.9 Å². The molecule has 4 rings (SSSR count). The molecular formula is C23H26ClN5O2. The topological polar surface area (TPSA) is 74.5 Å². The zero-order valence-corrected chi connectivity index (χ0v) is 18.3. The van der Waals surface area contributed by atoms with Crippen LogP contribution in [0.3, 0.4) is 0 Å². The molecule has 31 heavy (non-hydrogen) atoms. The number of rotatable bonds is 6. The van der Waals surface area contributed by atoms with Gasteiger partial charge in [0.1, 0.15) is 0 Å². The van der Waals surface area contributed by atoms with Crippen LogP contribution in [0.4, 0.5) is 10.5 Å². The van der Waals surface area contributed by atoms with E-state index in [-0.39, 0.29) is 6.03 Å². The normalized spacial score (nSPS) is 14.6. The molecule has 2 heterocycles. The van der Waals surface area contributed by atoms with Crippen LogP contribution >= 0.6 is 11.6 Å². The number of anilines is 1. The summed E-state index contributed by atoms with van der Waals surface area (Å²) in [4.78, 5) is 21.2. The lowest BCUT2D eigenvalue weighted by Crippen LogP contribution is -2.50. The fraction of sp³-hybridized carbons (Fsp3) is 0.348. The highest BCUT2D eigenvalue weighted by molar-refractivity contribution is 6.31. The second kappa shape index (κ2) is 9.94. The van der Waals surface area contributed by atoms with Gasteiger partial charge < -0.3 is 14.7 Å². The first kappa shape index (κ1) is 21.3. The molecule has 1 fully saturated rings. The Hall–Kier alpha value is -2.90. The van der Waals surface area contributed by atoms with E-state index in [1.807, 2.05) is 54.3 Å². The Morgan fingerprint density at radius 1 is 1.13 bits per heavy atom. The molecule has 1 aliphatic heterocycles. The number of aromatic nitrogens is 2. The van der Waals surface area contributed by atoms with Crippen molar-refractivity contribution in [2.75, 3.05) is 38.0 Å². The van der Waals surface area contributed by atoms with Crippen LogP contribution in [-0.4, -0.2) is 58.7 Å². The van der Waals surface area contributed by atoms with Crippen LogP contribution in [-0.2, 0) is 6.42 Å². The van der Waals surface area contributed by atoms with E-state index in [4.69, 9.17) is 16.1 Å². The molecule has 8 heteroatoms. The first-order valence-corrected chi connectivity index (χ1v) is 10.9. The van der Waals surface area contributed by atoms with Gasteiger partial charge in [-0.25, -0.2) is 4.79 Å². The number of benzene rings is 2. The summed E-state index contributed by atoms with van der Waals surface area (Å²) in [6, 6.07) is 15.3. The van der Waals surface area contributed by atoms with Crippen LogP contribution in [0.2, 0.25) is 5.02 Å². The molecule has 2 aromatic carbocycles. The number of urea groups is 1. The fourth-order valence-corrected chi connectivity index (χ4v) is 3.74. The largest absolute Gasteiger partial charge is 0.339 e. The molecule has 1 N–H and O–H groups in total. The van der Waals surface area contributed by atoms with Gasteiger partial charge in [0, 0.05) is 48.9 Å². The number of nitrogens with zero attached hydrogens (tertiary/aromatic N) is 4. The molecule has 0 spiro atoms. The Kier molecular flexibility index (Phi) is 6.84. The van der Waals surface area contributed by atoms with Crippen molar-refractivity contribution in [2.45, 2.75) is 19.8 Å². The molecular weight excluding hydrogens is 414 g/mol. The molecule has 0 atom stereocenters. The van der Waals surface area contributed by atoms with Gasteiger partial charge in [-0.15, -0.1) is 0 Å². The average Bonchev–Trinajstić information content (AvgIpc) is 3.26. The molecule has 7 nitrogen and oxygen atoms in total. The van der Waals surface area contributed by atoms with Gasteiger partial charge in [-0.3, -0.25) is 4.90 Å². The third-order valence-electron chi connectivity index (χ3n) is 5.45. The van der Waals surface area contributed by atoms with Gasteiger partial charge in [-0.1, -0.05) is 53.2 Å². The predicted octanol–water partition coefficient (Wildman–Crippen LogP) is 4.48. The van der Waals surface area contributed by atoms with Crippen molar-refractivity contribution in [2.24, 2.45) is 0 Å². The van der Waals surface area contributed by atoms with E-state index >= 15 is 0 Å². The summed E-state index contributed by atoms with van der Waals surface area (Å²) in [5.74, 6) is 1.29. The van der Waals surface area contributed by atoms with Crippen LogP contribution in [0, 0.1) is 6.92 Å². The quantitative estimate of drug-likeness (QED) is 0.612. The summed E-state index contributed by atoms with van der Waals surface area (Å²) in [5.41, 5.74) is 2.67. The molecule has 1 saturated heterocycles. The number of halogens is 1. The number of hydrogen-bond donors (Lipinski definition) is 1. The van der Waals surface area contributed by atoms with Gasteiger partial charge >= 0.3 is 6.03 Å². The number of piperazine rings is 1. The second-order valence-electron chi connectivity index (χ2n) is 7.70. The van der Waals surface area contributed by atoms with Crippen molar-refractivity contribution in [1.29, 1.82) is 0 Å². The highest BCUT2D eigenvalue weighted by Crippen LogP contribution is 2.20. The lowest BCUT2D eigenvalue weighted by atomic mass is 10.2. The first-order chi connectivity index (χ1) is 15.1. The SMILES string of the molecule is Cc1ccc(NC(=O)N2CCN(CCCc3nc(-c4ccccc4)no3)CC2)cc1Cl. The zero-order chi connectivity index (χ0) is 21.6. The van der Waals surface area contributed by atoms with Crippen molar-refractivity contribution in [3.05, 3.63) is 65.0 Å². The van der Waals surface area contributed by atoms with E-state index in [9.17, 15) is 4.79 Å². The van der Waals surface area contributed by atoms with Crippen LogP contribution < -0.4 is 5.32 Å². The molecule has 3 aromatic rings. The Labute approximate surface area is 187 Å². The summed E-state index contributed by atoms with van der Waals surface area (Å²) < 4.78 is 5.38. The van der Waals surface area contributed by atoms with Crippen LogP contribution in [0.15, 0.2) is 53.1 Å². The van der Waals surface area contributed by atoms with E-state index in [1.54, 1.807) is 6.07 Å². The summed E-state index contributed by atoms with van der Waals surface area (Å²) in [6.45, 7) is 5.97. The minimum atomic E-state index is -0.0844. The maximum Gasteiger partial charge on any atom is 0.321 e. The molecule has 0 saturated carbocycles. The molecule has 0 bridgehead atoms. The third kappa shape index (κ3) is 5.62. The number of aryl methyl sites for hydroxylation is 2. The smallest absolute Gasteiger partial charge is 0.321 e. The highest BCUT2D eigenvalue weighted by Gasteiger charge is 2.21. The van der Waals surface area contributed by atoms with Gasteiger partial charge in [0.25, 0.3) is 0 Å². The summed E-state index contributed by atoms with van der Waals surface area (Å²) in [5, 5.41) is 7.65. The van der Waals surface area contributed by atoms with Gasteiger partial charge in [0.05, 0.1) is 0 Å². The van der Waals surface area contributed by atoms with Crippen molar-refractivity contribution in [3.8, 4) is 11.4 Å². The zero-order valence-electron chi connectivity index (χ0n) is 17.6. The lowest BCUT2D eigenvalue weighted by molar-refractivity contribution is 0.146. The minimum absolute atomic E-state index is 0.0844. The van der Waals surface area contributed by atoms with Crippen LogP contribution in [0.5, 0.6) is 0 Å². The van der Waals surface area contributed by atoms with Crippen molar-refractivity contribution >= 4 is 23.3 Å². The van der Waals surface area contributed by atoms with E-state index < -0.39 is 0 Å².